The molecule has 4 nitrogen and oxygen atoms in total. The minimum absolute atomic E-state index is 0.856. The summed E-state index contributed by atoms with van der Waals surface area (Å²) in [5, 5.41) is 7.51. The summed E-state index contributed by atoms with van der Waals surface area (Å²) in [6.07, 6.45) is 7.83. The Morgan fingerprint density at radius 2 is 1.79 bits per heavy atom. The van der Waals surface area contributed by atoms with Crippen molar-refractivity contribution in [2.75, 3.05) is 0 Å². The van der Waals surface area contributed by atoms with Gasteiger partial charge in [-0.2, -0.15) is 10.2 Å². The first-order valence-corrected chi connectivity index (χ1v) is 4.48. The molecule has 0 aliphatic rings. The summed E-state index contributed by atoms with van der Waals surface area (Å²) in [6.45, 7) is 2.03. The molecule has 0 spiro atoms. The van der Waals surface area contributed by atoms with Crippen molar-refractivity contribution < 1.29 is 0 Å². The Morgan fingerprint density at radius 3 is 2.36 bits per heavy atom. The van der Waals surface area contributed by atoms with Crippen LogP contribution in [0.1, 0.15) is 12.7 Å². The highest BCUT2D eigenvalue weighted by Gasteiger charge is 1.98. The lowest BCUT2D eigenvalue weighted by molar-refractivity contribution is 0.940. The summed E-state index contributed by atoms with van der Waals surface area (Å²) in [5.74, 6) is 0.857. The van der Waals surface area contributed by atoms with E-state index in [0.29, 0.717) is 0 Å². The molecule has 0 atom stereocenters. The second kappa shape index (κ2) is 3.91. The molecular formula is C10H10N4. The third-order valence-electron chi connectivity index (χ3n) is 1.94. The molecule has 0 N–H and O–H groups in total. The molecule has 2 rings (SSSR count). The van der Waals surface area contributed by atoms with Crippen LogP contribution in [0.5, 0.6) is 0 Å². The average molecular weight is 186 g/mol. The van der Waals surface area contributed by atoms with Crippen LogP contribution in [0.25, 0.3) is 11.1 Å². The Balaban J connectivity index is 2.34. The van der Waals surface area contributed by atoms with Gasteiger partial charge in [0.05, 0.1) is 12.4 Å². The minimum atomic E-state index is 0.856. The van der Waals surface area contributed by atoms with Crippen molar-refractivity contribution >= 4 is 0 Å². The number of hydrogen-bond donors (Lipinski definition) is 0. The Morgan fingerprint density at radius 1 is 1.00 bits per heavy atom. The molecule has 0 bridgehead atoms. The van der Waals surface area contributed by atoms with Gasteiger partial charge in [-0.3, -0.25) is 0 Å². The Bertz CT molecular complexity index is 396. The number of nitrogens with zero attached hydrogens (tertiary/aromatic N) is 4. The van der Waals surface area contributed by atoms with Gasteiger partial charge in [0.2, 0.25) is 0 Å². The zero-order valence-electron chi connectivity index (χ0n) is 7.88. The molecule has 0 aliphatic carbocycles. The molecule has 0 amide bonds. The van der Waals surface area contributed by atoms with Crippen LogP contribution in [0.4, 0.5) is 0 Å². The first-order chi connectivity index (χ1) is 6.90. The Hall–Kier alpha value is -1.84. The van der Waals surface area contributed by atoms with Gasteiger partial charge in [-0.15, -0.1) is 0 Å². The van der Waals surface area contributed by atoms with Gasteiger partial charge in [0.1, 0.15) is 5.82 Å². The fourth-order valence-electron chi connectivity index (χ4n) is 1.15. The normalized spacial score (nSPS) is 10.1. The third-order valence-corrected chi connectivity index (χ3v) is 1.94. The molecule has 0 radical (unpaired) electrons. The first kappa shape index (κ1) is 8.74. The Labute approximate surface area is 82.1 Å². The van der Waals surface area contributed by atoms with Gasteiger partial charge in [-0.1, -0.05) is 6.92 Å². The summed E-state index contributed by atoms with van der Waals surface area (Å²) in [5.41, 5.74) is 1.96. The number of rotatable bonds is 2. The predicted octanol–water partition coefficient (Wildman–Crippen LogP) is 1.50. The van der Waals surface area contributed by atoms with E-state index in [1.807, 2.05) is 25.4 Å². The van der Waals surface area contributed by atoms with Gasteiger partial charge in [-0.05, 0) is 6.07 Å². The standard InChI is InChI=1S/C10H10N4/c1-2-10-11-5-9(6-12-10)8-3-4-13-14-7-8/h3-7H,2H2,1H3. The molecule has 4 heteroatoms. The lowest BCUT2D eigenvalue weighted by Crippen LogP contribution is -1.92. The van der Waals surface area contributed by atoms with E-state index < -0.39 is 0 Å². The summed E-state index contributed by atoms with van der Waals surface area (Å²) in [4.78, 5) is 8.43. The summed E-state index contributed by atoms with van der Waals surface area (Å²) < 4.78 is 0. The maximum Gasteiger partial charge on any atom is 0.127 e. The molecule has 2 aromatic rings. The van der Waals surface area contributed by atoms with Crippen LogP contribution in [0.2, 0.25) is 0 Å². The van der Waals surface area contributed by atoms with Crippen molar-refractivity contribution in [3.63, 3.8) is 0 Å². The third kappa shape index (κ3) is 1.74. The van der Waals surface area contributed by atoms with E-state index in [1.165, 1.54) is 0 Å². The monoisotopic (exact) mass is 186 g/mol. The zero-order chi connectivity index (χ0) is 9.80. The van der Waals surface area contributed by atoms with Crippen LogP contribution in [0.3, 0.4) is 0 Å². The van der Waals surface area contributed by atoms with Crippen LogP contribution < -0.4 is 0 Å². The van der Waals surface area contributed by atoms with E-state index in [9.17, 15) is 0 Å². The number of hydrogen-bond acceptors (Lipinski definition) is 4. The second-order valence-corrected chi connectivity index (χ2v) is 2.87. The summed E-state index contributed by atoms with van der Waals surface area (Å²) in [7, 11) is 0. The van der Waals surface area contributed by atoms with E-state index in [-0.39, 0.29) is 0 Å². The highest BCUT2D eigenvalue weighted by atomic mass is 15.1. The summed E-state index contributed by atoms with van der Waals surface area (Å²) in [6, 6.07) is 1.89. The number of aromatic nitrogens is 4. The topological polar surface area (TPSA) is 51.6 Å². The predicted molar refractivity (Wildman–Crippen MR) is 52.4 cm³/mol. The molecule has 0 fully saturated rings. The quantitative estimate of drug-likeness (QED) is 0.713. The van der Waals surface area contributed by atoms with E-state index in [4.69, 9.17) is 0 Å². The molecule has 0 aliphatic heterocycles. The van der Waals surface area contributed by atoms with E-state index in [2.05, 4.69) is 20.2 Å². The fourth-order valence-corrected chi connectivity index (χ4v) is 1.15. The van der Waals surface area contributed by atoms with Crippen LogP contribution >= 0.6 is 0 Å². The van der Waals surface area contributed by atoms with E-state index >= 15 is 0 Å². The molecule has 2 heterocycles. The Kier molecular flexibility index (Phi) is 2.44. The lowest BCUT2D eigenvalue weighted by atomic mass is 10.2. The van der Waals surface area contributed by atoms with E-state index in [1.54, 1.807) is 12.4 Å². The first-order valence-electron chi connectivity index (χ1n) is 4.48. The maximum atomic E-state index is 4.21. The van der Waals surface area contributed by atoms with Crippen molar-refractivity contribution in [1.82, 2.24) is 20.2 Å². The maximum absolute atomic E-state index is 4.21. The average Bonchev–Trinajstić information content (AvgIpc) is 2.30. The van der Waals surface area contributed by atoms with Gasteiger partial charge in [0.15, 0.2) is 0 Å². The fraction of sp³-hybridized carbons (Fsp3) is 0.200. The van der Waals surface area contributed by atoms with Gasteiger partial charge in [-0.25, -0.2) is 9.97 Å². The SMILES string of the molecule is CCc1ncc(-c2ccnnc2)cn1. The van der Waals surface area contributed by atoms with Gasteiger partial charge >= 0.3 is 0 Å². The second-order valence-electron chi connectivity index (χ2n) is 2.87. The molecule has 0 unspecified atom stereocenters. The zero-order valence-corrected chi connectivity index (χ0v) is 7.88. The van der Waals surface area contributed by atoms with Gasteiger partial charge < -0.3 is 0 Å². The van der Waals surface area contributed by atoms with Crippen LogP contribution in [0, 0.1) is 0 Å². The van der Waals surface area contributed by atoms with E-state index in [0.717, 1.165) is 23.4 Å². The number of aryl methyl sites for hydroxylation is 1. The largest absolute Gasteiger partial charge is 0.241 e. The molecule has 14 heavy (non-hydrogen) atoms. The minimum Gasteiger partial charge on any atom is -0.241 e. The van der Waals surface area contributed by atoms with Crippen LogP contribution in [0.15, 0.2) is 30.9 Å². The lowest BCUT2D eigenvalue weighted by Gasteiger charge is -1.99. The van der Waals surface area contributed by atoms with Crippen molar-refractivity contribution in [2.45, 2.75) is 13.3 Å². The van der Waals surface area contributed by atoms with Crippen molar-refractivity contribution in [1.29, 1.82) is 0 Å². The molecule has 70 valence electrons. The van der Waals surface area contributed by atoms with Crippen molar-refractivity contribution in [2.24, 2.45) is 0 Å². The van der Waals surface area contributed by atoms with Crippen LogP contribution in [-0.4, -0.2) is 20.2 Å². The molecule has 0 saturated carbocycles. The smallest absolute Gasteiger partial charge is 0.127 e. The van der Waals surface area contributed by atoms with Gasteiger partial charge in [0.25, 0.3) is 0 Å². The highest BCUT2D eigenvalue weighted by Crippen LogP contribution is 2.14. The summed E-state index contributed by atoms with van der Waals surface area (Å²) >= 11 is 0. The van der Waals surface area contributed by atoms with Crippen molar-refractivity contribution in [3.05, 3.63) is 36.7 Å². The molecule has 0 saturated heterocycles. The van der Waals surface area contributed by atoms with Gasteiger partial charge in [0, 0.05) is 29.9 Å². The highest BCUT2D eigenvalue weighted by molar-refractivity contribution is 5.59. The van der Waals surface area contributed by atoms with Crippen LogP contribution in [-0.2, 0) is 6.42 Å². The molecule has 2 aromatic heterocycles. The van der Waals surface area contributed by atoms with Crippen molar-refractivity contribution in [3.8, 4) is 11.1 Å². The molecular weight excluding hydrogens is 176 g/mol. The molecule has 0 aromatic carbocycles.